The van der Waals surface area contributed by atoms with Gasteiger partial charge in [0.1, 0.15) is 5.03 Å². The van der Waals surface area contributed by atoms with E-state index in [2.05, 4.69) is 29.2 Å². The van der Waals surface area contributed by atoms with E-state index in [9.17, 15) is 8.42 Å². The molecule has 0 atom stereocenters. The van der Waals surface area contributed by atoms with Crippen molar-refractivity contribution in [2.24, 2.45) is 5.73 Å². The van der Waals surface area contributed by atoms with Gasteiger partial charge in [-0.25, -0.2) is 8.42 Å². The number of H-pyrrole nitrogens is 1. The Balaban J connectivity index is 1.73. The molecular weight excluding hydrogens is 392 g/mol. The van der Waals surface area contributed by atoms with Crippen LogP contribution in [0.15, 0.2) is 101 Å². The molecule has 5 rings (SSSR count). The first-order valence-electron chi connectivity index (χ1n) is 9.72. The summed E-state index contributed by atoms with van der Waals surface area (Å²) in [6.45, 7) is 0.125. The van der Waals surface area contributed by atoms with Gasteiger partial charge >= 0.3 is 0 Å². The zero-order valence-electron chi connectivity index (χ0n) is 16.2. The van der Waals surface area contributed by atoms with Crippen LogP contribution in [0.3, 0.4) is 0 Å². The van der Waals surface area contributed by atoms with E-state index in [1.807, 2.05) is 36.4 Å². The Labute approximate surface area is 174 Å². The average Bonchev–Trinajstić information content (AvgIpc) is 3.18. The fourth-order valence-corrected chi connectivity index (χ4v) is 5.53. The minimum atomic E-state index is -3.69. The Morgan fingerprint density at radius 2 is 1.50 bits per heavy atom. The summed E-state index contributed by atoms with van der Waals surface area (Å²) in [5, 5.41) is 3.32. The first-order chi connectivity index (χ1) is 14.6. The lowest BCUT2D eigenvalue weighted by atomic mass is 9.97. The van der Waals surface area contributed by atoms with Crippen LogP contribution in [0.5, 0.6) is 0 Å². The van der Waals surface area contributed by atoms with Crippen molar-refractivity contribution in [3.63, 3.8) is 0 Å². The fourth-order valence-electron chi connectivity index (χ4n) is 4.02. The topological polar surface area (TPSA) is 76.0 Å². The van der Waals surface area contributed by atoms with Gasteiger partial charge in [-0.2, -0.15) is 0 Å². The predicted molar refractivity (Wildman–Crippen MR) is 121 cm³/mol. The van der Waals surface area contributed by atoms with Gasteiger partial charge in [-0.3, -0.25) is 0 Å². The smallest absolute Gasteiger partial charge is 0.222 e. The van der Waals surface area contributed by atoms with Crippen molar-refractivity contribution in [1.82, 2.24) is 4.98 Å². The van der Waals surface area contributed by atoms with E-state index < -0.39 is 9.84 Å². The van der Waals surface area contributed by atoms with E-state index in [0.717, 1.165) is 32.8 Å². The molecule has 148 valence electrons. The molecule has 3 N–H and O–H groups in total. The van der Waals surface area contributed by atoms with E-state index in [1.54, 1.807) is 30.3 Å². The minimum absolute atomic E-state index is 0.125. The van der Waals surface area contributed by atoms with Gasteiger partial charge in [-0.05, 0) is 46.2 Å². The van der Waals surface area contributed by atoms with E-state index in [0.29, 0.717) is 5.56 Å². The van der Waals surface area contributed by atoms with Crippen molar-refractivity contribution < 1.29 is 8.42 Å². The van der Waals surface area contributed by atoms with Gasteiger partial charge in [0.05, 0.1) is 4.90 Å². The summed E-state index contributed by atoms with van der Waals surface area (Å²) in [6, 6.07) is 28.8. The van der Waals surface area contributed by atoms with E-state index >= 15 is 0 Å². The molecule has 0 aliphatic heterocycles. The van der Waals surface area contributed by atoms with Crippen molar-refractivity contribution in [2.75, 3.05) is 0 Å². The second-order valence-corrected chi connectivity index (χ2v) is 9.13. The van der Waals surface area contributed by atoms with Crippen molar-refractivity contribution >= 4 is 31.5 Å². The highest BCUT2D eigenvalue weighted by Gasteiger charge is 2.25. The van der Waals surface area contributed by atoms with Gasteiger partial charge in [0.15, 0.2) is 0 Å². The first kappa shape index (κ1) is 18.6. The zero-order chi connectivity index (χ0) is 20.7. The average molecular weight is 413 g/mol. The number of benzene rings is 4. The Hall–Kier alpha value is -3.41. The molecule has 0 radical (unpaired) electrons. The third kappa shape index (κ3) is 2.91. The molecule has 0 aliphatic rings. The molecule has 1 heterocycles. The number of hydrogen-bond donors (Lipinski definition) is 2. The van der Waals surface area contributed by atoms with Crippen LogP contribution in [0.2, 0.25) is 0 Å². The molecule has 4 nitrogen and oxygen atoms in total. The van der Waals surface area contributed by atoms with Crippen molar-refractivity contribution in [1.29, 1.82) is 0 Å². The number of aromatic nitrogens is 1. The van der Waals surface area contributed by atoms with Crippen LogP contribution in [0.1, 0.15) is 5.56 Å². The third-order valence-corrected chi connectivity index (χ3v) is 7.27. The molecule has 1 aromatic heterocycles. The number of nitrogens with two attached hydrogens (primary N) is 1. The second kappa shape index (κ2) is 7.13. The van der Waals surface area contributed by atoms with E-state index in [4.69, 9.17) is 5.73 Å². The van der Waals surface area contributed by atoms with Crippen LogP contribution < -0.4 is 5.73 Å². The Morgan fingerprint density at radius 3 is 2.30 bits per heavy atom. The third-order valence-electron chi connectivity index (χ3n) is 5.49. The quantitative estimate of drug-likeness (QED) is 0.422. The Bertz CT molecular complexity index is 1480. The summed E-state index contributed by atoms with van der Waals surface area (Å²) in [6.07, 6.45) is 0. The second-order valence-electron chi connectivity index (χ2n) is 7.24. The SMILES string of the molecule is NCc1c(S(=O)(=O)c2ccccc2)[nH]c2ccc(-c3cccc4ccccc34)cc12. The monoisotopic (exact) mass is 412 g/mol. The molecule has 0 unspecified atom stereocenters. The Morgan fingerprint density at radius 1 is 0.767 bits per heavy atom. The highest BCUT2D eigenvalue weighted by Crippen LogP contribution is 2.34. The molecule has 0 saturated carbocycles. The summed E-state index contributed by atoms with van der Waals surface area (Å²) in [7, 11) is -3.69. The summed E-state index contributed by atoms with van der Waals surface area (Å²) < 4.78 is 26.5. The summed E-state index contributed by atoms with van der Waals surface area (Å²) in [5.41, 5.74) is 9.52. The molecular formula is C25H20N2O2S. The van der Waals surface area contributed by atoms with Gasteiger partial charge in [-0.15, -0.1) is 0 Å². The number of rotatable bonds is 4. The van der Waals surface area contributed by atoms with Crippen LogP contribution in [0, 0.1) is 0 Å². The molecule has 0 amide bonds. The summed E-state index contributed by atoms with van der Waals surface area (Å²) in [5.74, 6) is 0. The number of nitrogens with one attached hydrogen (secondary N) is 1. The summed E-state index contributed by atoms with van der Waals surface area (Å²) >= 11 is 0. The van der Waals surface area contributed by atoms with Gasteiger partial charge < -0.3 is 10.7 Å². The zero-order valence-corrected chi connectivity index (χ0v) is 17.0. The van der Waals surface area contributed by atoms with E-state index in [-0.39, 0.29) is 16.5 Å². The molecule has 5 heteroatoms. The van der Waals surface area contributed by atoms with Crippen LogP contribution in [-0.2, 0) is 16.4 Å². The van der Waals surface area contributed by atoms with Crippen molar-refractivity contribution in [3.05, 3.63) is 96.6 Å². The first-order valence-corrected chi connectivity index (χ1v) is 11.2. The normalized spacial score (nSPS) is 11.9. The van der Waals surface area contributed by atoms with Gasteiger partial charge in [-0.1, -0.05) is 66.7 Å². The molecule has 0 saturated heterocycles. The summed E-state index contributed by atoms with van der Waals surface area (Å²) in [4.78, 5) is 3.35. The van der Waals surface area contributed by atoms with Crippen molar-refractivity contribution in [2.45, 2.75) is 16.5 Å². The number of fused-ring (bicyclic) bond motifs is 2. The number of aromatic amines is 1. The molecule has 0 spiro atoms. The predicted octanol–water partition coefficient (Wildman–Crippen LogP) is 5.28. The molecule has 30 heavy (non-hydrogen) atoms. The lowest BCUT2D eigenvalue weighted by Gasteiger charge is -2.08. The Kier molecular flexibility index (Phi) is 4.42. The van der Waals surface area contributed by atoms with Crippen LogP contribution >= 0.6 is 0 Å². The lowest BCUT2D eigenvalue weighted by molar-refractivity contribution is 0.592. The van der Waals surface area contributed by atoms with Gasteiger partial charge in [0.2, 0.25) is 9.84 Å². The maximum atomic E-state index is 13.2. The molecule has 5 aromatic rings. The fraction of sp³-hybridized carbons (Fsp3) is 0.0400. The molecule has 0 fully saturated rings. The van der Waals surface area contributed by atoms with Gasteiger partial charge in [0, 0.05) is 23.0 Å². The van der Waals surface area contributed by atoms with E-state index in [1.165, 1.54) is 0 Å². The maximum absolute atomic E-state index is 13.2. The molecule has 0 bridgehead atoms. The molecule has 4 aromatic carbocycles. The van der Waals surface area contributed by atoms with Crippen LogP contribution in [0.25, 0.3) is 32.8 Å². The number of sulfone groups is 1. The van der Waals surface area contributed by atoms with Crippen LogP contribution in [0.4, 0.5) is 0 Å². The highest BCUT2D eigenvalue weighted by molar-refractivity contribution is 7.91. The minimum Gasteiger partial charge on any atom is -0.345 e. The molecule has 0 aliphatic carbocycles. The lowest BCUT2D eigenvalue weighted by Crippen LogP contribution is -2.08. The maximum Gasteiger partial charge on any atom is 0.222 e. The largest absolute Gasteiger partial charge is 0.345 e. The van der Waals surface area contributed by atoms with Crippen molar-refractivity contribution in [3.8, 4) is 11.1 Å². The van der Waals surface area contributed by atoms with Gasteiger partial charge in [0.25, 0.3) is 0 Å². The standard InChI is InChI=1S/C25H20N2O2S/c26-16-23-22-15-18(21-12-6-8-17-7-4-5-11-20(17)21)13-14-24(22)27-25(23)30(28,29)19-9-2-1-3-10-19/h1-15,27H,16,26H2. The number of hydrogen-bond acceptors (Lipinski definition) is 3. The highest BCUT2D eigenvalue weighted by atomic mass is 32.2. The van der Waals surface area contributed by atoms with Crippen LogP contribution in [-0.4, -0.2) is 13.4 Å².